The Labute approximate surface area is 165 Å². The Morgan fingerprint density at radius 2 is 1.74 bits per heavy atom. The number of hydrogen-bond acceptors (Lipinski definition) is 4. The smallest absolute Gasteiger partial charge is 0.243 e. The average molecular weight is 406 g/mol. The van der Waals surface area contributed by atoms with E-state index in [-0.39, 0.29) is 0 Å². The van der Waals surface area contributed by atoms with E-state index in [1.165, 1.54) is 4.31 Å². The minimum atomic E-state index is -3.41. The van der Waals surface area contributed by atoms with Crippen LogP contribution in [0.1, 0.15) is 18.4 Å². The van der Waals surface area contributed by atoms with E-state index >= 15 is 0 Å². The van der Waals surface area contributed by atoms with Gasteiger partial charge in [0.25, 0.3) is 0 Å². The van der Waals surface area contributed by atoms with Crippen LogP contribution in [0.5, 0.6) is 5.75 Å². The van der Waals surface area contributed by atoms with Gasteiger partial charge in [-0.3, -0.25) is 0 Å². The van der Waals surface area contributed by atoms with Crippen molar-refractivity contribution in [1.29, 1.82) is 0 Å². The number of hydrogen-bond donors (Lipinski definition) is 2. The monoisotopic (exact) mass is 405 g/mol. The van der Waals surface area contributed by atoms with Gasteiger partial charge in [0.05, 0.1) is 17.7 Å². The van der Waals surface area contributed by atoms with Crippen LogP contribution in [-0.2, 0) is 10.0 Å². The molecule has 0 amide bonds. The molecule has 0 spiro atoms. The third kappa shape index (κ3) is 4.58. The van der Waals surface area contributed by atoms with Gasteiger partial charge < -0.3 is 15.4 Å². The second kappa shape index (κ2) is 8.24. The minimum absolute atomic E-state index is 0.300. The summed E-state index contributed by atoms with van der Waals surface area (Å²) in [5.41, 5.74) is 2.56. The summed E-state index contributed by atoms with van der Waals surface area (Å²) in [4.78, 5) is 0.300. The van der Waals surface area contributed by atoms with Gasteiger partial charge in [-0.2, -0.15) is 4.31 Å². The first-order valence-corrected chi connectivity index (χ1v) is 10.6. The molecule has 8 heteroatoms. The Hall–Kier alpha value is -2.16. The van der Waals surface area contributed by atoms with Gasteiger partial charge in [0.2, 0.25) is 10.0 Å². The molecule has 2 aromatic carbocycles. The highest BCUT2D eigenvalue weighted by atomic mass is 32.2. The largest absolute Gasteiger partial charge is 0.495 e. The quantitative estimate of drug-likeness (QED) is 0.741. The number of nitrogens with zero attached hydrogens (tertiary/aromatic N) is 1. The first kappa shape index (κ1) is 19.6. The van der Waals surface area contributed by atoms with E-state index in [4.69, 9.17) is 17.0 Å². The normalized spacial score (nSPS) is 14.7. The van der Waals surface area contributed by atoms with Crippen molar-refractivity contribution < 1.29 is 13.2 Å². The van der Waals surface area contributed by atoms with Crippen LogP contribution in [0.2, 0.25) is 0 Å². The number of thiocarbonyl (C=S) groups is 1. The molecule has 1 aliphatic rings. The number of rotatable bonds is 5. The lowest BCUT2D eigenvalue weighted by molar-refractivity contribution is 0.417. The van der Waals surface area contributed by atoms with Crippen molar-refractivity contribution in [3.05, 3.63) is 48.0 Å². The van der Waals surface area contributed by atoms with E-state index in [2.05, 4.69) is 10.6 Å². The van der Waals surface area contributed by atoms with Crippen LogP contribution in [0.3, 0.4) is 0 Å². The van der Waals surface area contributed by atoms with Crippen LogP contribution in [0.15, 0.2) is 47.4 Å². The summed E-state index contributed by atoms with van der Waals surface area (Å²) in [7, 11) is -1.80. The van der Waals surface area contributed by atoms with Crippen molar-refractivity contribution in [3.63, 3.8) is 0 Å². The molecule has 0 bridgehead atoms. The summed E-state index contributed by atoms with van der Waals surface area (Å²) in [5.74, 6) is 0.691. The van der Waals surface area contributed by atoms with E-state index in [1.54, 1.807) is 31.4 Å². The molecule has 2 N–H and O–H groups in total. The number of nitrogens with one attached hydrogen (secondary N) is 2. The summed E-state index contributed by atoms with van der Waals surface area (Å²) in [6.45, 7) is 3.17. The molecule has 1 saturated heterocycles. The van der Waals surface area contributed by atoms with Crippen LogP contribution < -0.4 is 15.4 Å². The Balaban J connectivity index is 1.68. The van der Waals surface area contributed by atoms with E-state index in [1.807, 2.05) is 25.1 Å². The second-order valence-corrected chi connectivity index (χ2v) is 8.76. The molecule has 27 heavy (non-hydrogen) atoms. The number of anilines is 2. The van der Waals surface area contributed by atoms with Crippen molar-refractivity contribution in [2.75, 3.05) is 30.8 Å². The summed E-state index contributed by atoms with van der Waals surface area (Å²) in [6, 6.07) is 12.4. The fourth-order valence-corrected chi connectivity index (χ4v) is 4.74. The average Bonchev–Trinajstić information content (AvgIpc) is 3.18. The van der Waals surface area contributed by atoms with E-state index in [0.29, 0.717) is 34.5 Å². The van der Waals surface area contributed by atoms with E-state index in [9.17, 15) is 8.42 Å². The van der Waals surface area contributed by atoms with Gasteiger partial charge in [-0.1, -0.05) is 6.07 Å². The number of methoxy groups -OCH3 is 1. The van der Waals surface area contributed by atoms with Gasteiger partial charge in [0, 0.05) is 18.8 Å². The van der Waals surface area contributed by atoms with Gasteiger partial charge in [-0.25, -0.2) is 8.42 Å². The fourth-order valence-electron chi connectivity index (χ4n) is 2.99. The van der Waals surface area contributed by atoms with E-state index in [0.717, 1.165) is 24.1 Å². The van der Waals surface area contributed by atoms with Crippen molar-refractivity contribution in [2.45, 2.75) is 24.7 Å². The van der Waals surface area contributed by atoms with E-state index < -0.39 is 10.0 Å². The molecule has 0 atom stereocenters. The highest BCUT2D eigenvalue weighted by Crippen LogP contribution is 2.26. The maximum atomic E-state index is 12.6. The minimum Gasteiger partial charge on any atom is -0.495 e. The van der Waals surface area contributed by atoms with Gasteiger partial charge >= 0.3 is 0 Å². The van der Waals surface area contributed by atoms with Gasteiger partial charge in [-0.15, -0.1) is 0 Å². The first-order chi connectivity index (χ1) is 12.9. The predicted molar refractivity (Wildman–Crippen MR) is 112 cm³/mol. The molecule has 0 aliphatic carbocycles. The summed E-state index contributed by atoms with van der Waals surface area (Å²) < 4.78 is 32.0. The standard InChI is InChI=1S/C19H23N3O3S2/c1-14-5-10-18(25-2)17(13-14)21-19(26)20-15-6-8-16(9-7-15)27(23,24)22-11-3-4-12-22/h5-10,13H,3-4,11-12H2,1-2H3,(H2,20,21,26). The highest BCUT2D eigenvalue weighted by Gasteiger charge is 2.26. The van der Waals surface area contributed by atoms with Crippen LogP contribution in [0.25, 0.3) is 0 Å². The third-order valence-corrected chi connectivity index (χ3v) is 6.54. The van der Waals surface area contributed by atoms with Crippen LogP contribution in [0.4, 0.5) is 11.4 Å². The van der Waals surface area contributed by atoms with Gasteiger partial charge in [-0.05, 0) is 73.9 Å². The van der Waals surface area contributed by atoms with Gasteiger partial charge in [0.15, 0.2) is 5.11 Å². The van der Waals surface area contributed by atoms with Crippen molar-refractivity contribution in [3.8, 4) is 5.75 Å². The second-order valence-electron chi connectivity index (χ2n) is 6.42. The van der Waals surface area contributed by atoms with Crippen molar-refractivity contribution in [1.82, 2.24) is 4.31 Å². The Kier molecular flexibility index (Phi) is 5.98. The number of sulfonamides is 1. The Morgan fingerprint density at radius 1 is 1.07 bits per heavy atom. The molecule has 6 nitrogen and oxygen atoms in total. The molecule has 1 heterocycles. The Bertz CT molecular complexity index is 922. The van der Waals surface area contributed by atoms with Crippen LogP contribution in [-0.4, -0.2) is 38.0 Å². The zero-order valence-corrected chi connectivity index (χ0v) is 17.0. The predicted octanol–water partition coefficient (Wildman–Crippen LogP) is 3.60. The van der Waals surface area contributed by atoms with Gasteiger partial charge in [0.1, 0.15) is 5.75 Å². The molecule has 0 radical (unpaired) electrons. The number of ether oxygens (including phenoxy) is 1. The van der Waals surface area contributed by atoms with Crippen LogP contribution in [0, 0.1) is 6.92 Å². The molecular formula is C19H23N3O3S2. The lowest BCUT2D eigenvalue weighted by atomic mass is 10.2. The molecule has 0 saturated carbocycles. The molecule has 0 aromatic heterocycles. The molecule has 1 fully saturated rings. The molecule has 3 rings (SSSR count). The zero-order chi connectivity index (χ0) is 19.4. The fraction of sp³-hybridized carbons (Fsp3) is 0.316. The summed E-state index contributed by atoms with van der Waals surface area (Å²) >= 11 is 5.36. The molecule has 144 valence electrons. The third-order valence-electron chi connectivity index (χ3n) is 4.42. The summed E-state index contributed by atoms with van der Waals surface area (Å²) in [6.07, 6.45) is 1.84. The molecular weight excluding hydrogens is 382 g/mol. The number of aryl methyl sites for hydroxylation is 1. The van der Waals surface area contributed by atoms with Crippen LogP contribution >= 0.6 is 12.2 Å². The maximum Gasteiger partial charge on any atom is 0.243 e. The lowest BCUT2D eigenvalue weighted by Crippen LogP contribution is -2.27. The molecule has 1 aliphatic heterocycles. The topological polar surface area (TPSA) is 70.7 Å². The first-order valence-electron chi connectivity index (χ1n) is 8.73. The summed E-state index contributed by atoms with van der Waals surface area (Å²) in [5, 5.41) is 6.57. The van der Waals surface area contributed by atoms with Crippen molar-refractivity contribution in [2.24, 2.45) is 0 Å². The zero-order valence-electron chi connectivity index (χ0n) is 15.4. The Morgan fingerprint density at radius 3 is 2.37 bits per heavy atom. The van der Waals surface area contributed by atoms with Crippen molar-refractivity contribution >= 4 is 38.7 Å². The molecule has 0 unspecified atom stereocenters. The number of benzene rings is 2. The SMILES string of the molecule is COc1ccc(C)cc1NC(=S)Nc1ccc(S(=O)(=O)N2CCCC2)cc1. The maximum absolute atomic E-state index is 12.6. The highest BCUT2D eigenvalue weighted by molar-refractivity contribution is 7.89. The molecule has 2 aromatic rings. The lowest BCUT2D eigenvalue weighted by Gasteiger charge is -2.16.